The smallest absolute Gasteiger partial charge is 0.226 e. The van der Waals surface area contributed by atoms with E-state index in [0.717, 1.165) is 43.1 Å². The van der Waals surface area contributed by atoms with Crippen LogP contribution >= 0.6 is 24.0 Å². The lowest BCUT2D eigenvalue weighted by Gasteiger charge is -2.19. The first-order valence-electron chi connectivity index (χ1n) is 9.97. The summed E-state index contributed by atoms with van der Waals surface area (Å²) in [7, 11) is 3.90. The van der Waals surface area contributed by atoms with Crippen molar-refractivity contribution in [3.63, 3.8) is 0 Å². The second-order valence-corrected chi connectivity index (χ2v) is 6.83. The highest BCUT2D eigenvalue weighted by Crippen LogP contribution is 2.17. The molecule has 1 aromatic heterocycles. The molecule has 1 heterocycles. The number of unbranched alkanes of at least 4 members (excludes halogenated alkanes) is 1. The van der Waals surface area contributed by atoms with Gasteiger partial charge in [-0.25, -0.2) is 4.98 Å². The van der Waals surface area contributed by atoms with Gasteiger partial charge in [0.2, 0.25) is 5.89 Å². The number of anilines is 1. The Hall–Kier alpha value is -2.55. The highest BCUT2D eigenvalue weighted by Gasteiger charge is 2.07. The van der Waals surface area contributed by atoms with Crippen molar-refractivity contribution in [1.29, 1.82) is 0 Å². The van der Waals surface area contributed by atoms with Crippen molar-refractivity contribution in [3.05, 3.63) is 72.6 Å². The van der Waals surface area contributed by atoms with Gasteiger partial charge < -0.3 is 20.0 Å². The molecule has 0 bridgehead atoms. The highest BCUT2D eigenvalue weighted by molar-refractivity contribution is 14.0. The molecule has 0 spiro atoms. The summed E-state index contributed by atoms with van der Waals surface area (Å²) in [5.74, 6) is 1.40. The molecule has 3 rings (SSSR count). The number of para-hydroxylation sites is 1. The van der Waals surface area contributed by atoms with Crippen LogP contribution in [0.1, 0.15) is 18.5 Å². The van der Waals surface area contributed by atoms with E-state index in [1.54, 1.807) is 13.3 Å². The third-order valence-electron chi connectivity index (χ3n) is 4.64. The number of halogens is 1. The topological polar surface area (TPSA) is 65.7 Å². The molecule has 30 heavy (non-hydrogen) atoms. The number of guanidine groups is 1. The summed E-state index contributed by atoms with van der Waals surface area (Å²) < 4.78 is 5.57. The lowest BCUT2D eigenvalue weighted by atomic mass is 10.2. The summed E-state index contributed by atoms with van der Waals surface area (Å²) in [5.41, 5.74) is 3.07. The third-order valence-corrected chi connectivity index (χ3v) is 4.64. The molecule has 0 atom stereocenters. The molecule has 0 saturated carbocycles. The molecule has 2 aromatic carbocycles. The molecule has 0 saturated heterocycles. The Kier molecular flexibility index (Phi) is 10.2. The number of oxazole rings is 1. The highest BCUT2D eigenvalue weighted by atomic mass is 127. The molecule has 0 aliphatic rings. The van der Waals surface area contributed by atoms with Crippen LogP contribution < -0.4 is 15.5 Å². The normalized spacial score (nSPS) is 10.9. The molecule has 0 amide bonds. The third kappa shape index (κ3) is 7.37. The zero-order valence-electron chi connectivity index (χ0n) is 17.5. The van der Waals surface area contributed by atoms with Crippen LogP contribution in [0, 0.1) is 0 Å². The maximum Gasteiger partial charge on any atom is 0.226 e. The van der Waals surface area contributed by atoms with Crippen molar-refractivity contribution >= 4 is 35.6 Å². The van der Waals surface area contributed by atoms with Gasteiger partial charge in [-0.05, 0) is 37.1 Å². The SMILES string of the molecule is CN=C(NCCCCN(C)c1ccccc1)NCc1coc(-c2ccccc2)n1.I. The number of benzene rings is 2. The van der Waals surface area contributed by atoms with Crippen molar-refractivity contribution in [1.82, 2.24) is 15.6 Å². The van der Waals surface area contributed by atoms with Gasteiger partial charge in [0.05, 0.1) is 12.2 Å². The van der Waals surface area contributed by atoms with E-state index >= 15 is 0 Å². The molecule has 0 aliphatic heterocycles. The molecule has 0 unspecified atom stereocenters. The zero-order chi connectivity index (χ0) is 20.3. The minimum atomic E-state index is 0. The first-order valence-corrected chi connectivity index (χ1v) is 9.97. The second-order valence-electron chi connectivity index (χ2n) is 6.83. The van der Waals surface area contributed by atoms with Crippen LogP contribution in [0.3, 0.4) is 0 Å². The van der Waals surface area contributed by atoms with E-state index in [2.05, 4.69) is 56.8 Å². The van der Waals surface area contributed by atoms with Crippen molar-refractivity contribution in [2.45, 2.75) is 19.4 Å². The van der Waals surface area contributed by atoms with Crippen LogP contribution in [0.2, 0.25) is 0 Å². The summed E-state index contributed by atoms with van der Waals surface area (Å²) in [5, 5.41) is 6.64. The standard InChI is InChI=1S/C23H29N5O.HI/c1-24-23(25-15-9-10-16-28(2)21-13-7-4-8-14-21)26-17-20-18-29-22(27-20)19-11-5-3-6-12-19;/h3-8,11-14,18H,9-10,15-17H2,1-2H3,(H2,24,25,26);1H. The van der Waals surface area contributed by atoms with Crippen LogP contribution in [0.5, 0.6) is 0 Å². The van der Waals surface area contributed by atoms with Gasteiger partial charge in [0.1, 0.15) is 6.26 Å². The minimum absolute atomic E-state index is 0. The molecule has 0 aliphatic carbocycles. The lowest BCUT2D eigenvalue weighted by molar-refractivity contribution is 0.572. The van der Waals surface area contributed by atoms with Gasteiger partial charge in [-0.1, -0.05) is 36.4 Å². The monoisotopic (exact) mass is 519 g/mol. The van der Waals surface area contributed by atoms with Gasteiger partial charge in [-0.2, -0.15) is 0 Å². The average molecular weight is 519 g/mol. The lowest BCUT2D eigenvalue weighted by Crippen LogP contribution is -2.37. The molecule has 160 valence electrons. The van der Waals surface area contributed by atoms with Crippen LogP contribution in [-0.2, 0) is 6.54 Å². The van der Waals surface area contributed by atoms with Crippen LogP contribution in [-0.4, -0.2) is 38.1 Å². The summed E-state index contributed by atoms with van der Waals surface area (Å²) in [6, 6.07) is 20.3. The Labute approximate surface area is 195 Å². The maximum absolute atomic E-state index is 5.57. The van der Waals surface area contributed by atoms with E-state index in [0.29, 0.717) is 12.4 Å². The van der Waals surface area contributed by atoms with Crippen molar-refractivity contribution in [3.8, 4) is 11.5 Å². The number of hydrogen-bond donors (Lipinski definition) is 2. The quantitative estimate of drug-likeness (QED) is 0.188. The summed E-state index contributed by atoms with van der Waals surface area (Å²) in [6.07, 6.45) is 3.86. The first-order chi connectivity index (χ1) is 14.3. The molecule has 0 fully saturated rings. The molecule has 7 heteroatoms. The molecule has 0 radical (unpaired) electrons. The Morgan fingerprint density at radius 3 is 2.40 bits per heavy atom. The molecule has 2 N–H and O–H groups in total. The second kappa shape index (κ2) is 12.9. The van der Waals surface area contributed by atoms with E-state index in [4.69, 9.17) is 4.42 Å². The number of aromatic nitrogens is 1. The number of hydrogen-bond acceptors (Lipinski definition) is 4. The Balaban J connectivity index is 0.00000320. The van der Waals surface area contributed by atoms with Gasteiger partial charge in [-0.3, -0.25) is 4.99 Å². The number of aliphatic imine (C=N–C) groups is 1. The Bertz CT molecular complexity index is 883. The van der Waals surface area contributed by atoms with E-state index < -0.39 is 0 Å². The first kappa shape index (κ1) is 23.7. The largest absolute Gasteiger partial charge is 0.444 e. The number of nitrogens with zero attached hydrogens (tertiary/aromatic N) is 3. The van der Waals surface area contributed by atoms with Crippen molar-refractivity contribution in [2.24, 2.45) is 4.99 Å². The van der Waals surface area contributed by atoms with Crippen LogP contribution in [0.15, 0.2) is 76.3 Å². The maximum atomic E-state index is 5.57. The van der Waals surface area contributed by atoms with Gasteiger partial charge in [0.15, 0.2) is 5.96 Å². The summed E-state index contributed by atoms with van der Waals surface area (Å²) in [4.78, 5) is 11.1. The fraction of sp³-hybridized carbons (Fsp3) is 0.304. The van der Waals surface area contributed by atoms with Gasteiger partial charge in [0.25, 0.3) is 0 Å². The molecule has 3 aromatic rings. The summed E-state index contributed by atoms with van der Waals surface area (Å²) >= 11 is 0. The van der Waals surface area contributed by atoms with Crippen molar-refractivity contribution < 1.29 is 4.42 Å². The molecule has 6 nitrogen and oxygen atoms in total. The van der Waals surface area contributed by atoms with E-state index in [9.17, 15) is 0 Å². The summed E-state index contributed by atoms with van der Waals surface area (Å²) in [6.45, 7) is 2.46. The van der Waals surface area contributed by atoms with Crippen molar-refractivity contribution in [2.75, 3.05) is 32.1 Å². The Morgan fingerprint density at radius 2 is 1.70 bits per heavy atom. The Morgan fingerprint density at radius 1 is 1.00 bits per heavy atom. The fourth-order valence-corrected chi connectivity index (χ4v) is 2.99. The van der Waals surface area contributed by atoms with E-state index in [-0.39, 0.29) is 24.0 Å². The average Bonchev–Trinajstić information content (AvgIpc) is 3.26. The van der Waals surface area contributed by atoms with Crippen LogP contribution in [0.4, 0.5) is 5.69 Å². The predicted molar refractivity (Wildman–Crippen MR) is 135 cm³/mol. The van der Waals surface area contributed by atoms with E-state index in [1.807, 2.05) is 36.4 Å². The van der Waals surface area contributed by atoms with Gasteiger partial charge in [0, 0.05) is 38.4 Å². The van der Waals surface area contributed by atoms with Crippen LogP contribution in [0.25, 0.3) is 11.5 Å². The number of nitrogens with one attached hydrogen (secondary N) is 2. The predicted octanol–water partition coefficient (Wildman–Crippen LogP) is 4.54. The fourth-order valence-electron chi connectivity index (χ4n) is 2.99. The zero-order valence-corrected chi connectivity index (χ0v) is 19.9. The minimum Gasteiger partial charge on any atom is -0.444 e. The number of rotatable bonds is 9. The van der Waals surface area contributed by atoms with E-state index in [1.165, 1.54) is 5.69 Å². The molecular formula is C23H30IN5O. The van der Waals surface area contributed by atoms with Gasteiger partial charge >= 0.3 is 0 Å². The van der Waals surface area contributed by atoms with Gasteiger partial charge in [-0.15, -0.1) is 24.0 Å². The molecular weight excluding hydrogens is 489 g/mol.